The van der Waals surface area contributed by atoms with Crippen LogP contribution in [0.2, 0.25) is 0 Å². The van der Waals surface area contributed by atoms with Crippen molar-refractivity contribution in [2.24, 2.45) is 0 Å². The van der Waals surface area contributed by atoms with Crippen LogP contribution in [-0.2, 0) is 20.4 Å². The normalized spacial score (nSPS) is 11.0. The van der Waals surface area contributed by atoms with Gasteiger partial charge in [0.05, 0.1) is 11.2 Å². The minimum Gasteiger partial charge on any atom is -0.296 e. The summed E-state index contributed by atoms with van der Waals surface area (Å²) >= 11 is 0. The van der Waals surface area contributed by atoms with Gasteiger partial charge in [-0.15, -0.1) is 23.8 Å². The maximum absolute atomic E-state index is 4.98. The van der Waals surface area contributed by atoms with E-state index in [-0.39, 0.29) is 20.4 Å². The summed E-state index contributed by atoms with van der Waals surface area (Å²) in [6.07, 6.45) is 7.16. The predicted molar refractivity (Wildman–Crippen MR) is 115 cm³/mol. The fraction of sp³-hybridized carbons (Fsp3) is 0. The van der Waals surface area contributed by atoms with Crippen LogP contribution in [-0.4, -0.2) is 9.97 Å². The number of hydrogen-bond acceptors (Lipinski definition) is 2. The largest absolute Gasteiger partial charge is 2.00 e. The second-order valence-electron chi connectivity index (χ2n) is 6.56. The molecule has 0 radical (unpaired) electrons. The van der Waals surface area contributed by atoms with Gasteiger partial charge in [0.2, 0.25) is 0 Å². The van der Waals surface area contributed by atoms with Gasteiger partial charge in [-0.1, -0.05) is 36.4 Å². The van der Waals surface area contributed by atoms with Crippen LogP contribution >= 0.6 is 0 Å². The number of fused-ring (bicyclic) bond motifs is 2. The predicted octanol–water partition coefficient (Wildman–Crippen LogP) is 6.11. The summed E-state index contributed by atoms with van der Waals surface area (Å²) in [5, 5.41) is 2.20. The Morgan fingerprint density at radius 1 is 0.759 bits per heavy atom. The molecular formula is C26H16N2Pd. The molecule has 3 aromatic carbocycles. The molecule has 0 saturated heterocycles. The molecule has 0 aliphatic carbocycles. The topological polar surface area (TPSA) is 25.8 Å². The monoisotopic (exact) mass is 462 g/mol. The SMILES string of the molecule is [C-](=Cc1[c-]cccc1)c1cccc2ccc(-c3cccc4cccnc34)nc12.[Pd+2]. The molecule has 140 valence electrons. The summed E-state index contributed by atoms with van der Waals surface area (Å²) in [5.41, 5.74) is 5.80. The van der Waals surface area contributed by atoms with E-state index in [1.807, 2.05) is 60.8 Å². The van der Waals surface area contributed by atoms with E-state index in [1.54, 1.807) is 0 Å². The van der Waals surface area contributed by atoms with Crippen molar-refractivity contribution in [3.05, 3.63) is 114 Å². The Balaban J connectivity index is 0.00000205. The number of benzene rings is 3. The molecule has 0 fully saturated rings. The number of para-hydroxylation sites is 2. The second-order valence-corrected chi connectivity index (χ2v) is 6.56. The van der Waals surface area contributed by atoms with Crippen LogP contribution in [0.1, 0.15) is 11.1 Å². The molecule has 0 amide bonds. The molecule has 0 N–H and O–H groups in total. The first-order valence-corrected chi connectivity index (χ1v) is 9.19. The Morgan fingerprint density at radius 2 is 1.59 bits per heavy atom. The van der Waals surface area contributed by atoms with Crippen LogP contribution in [0.3, 0.4) is 0 Å². The molecule has 0 spiro atoms. The molecule has 5 aromatic rings. The van der Waals surface area contributed by atoms with Gasteiger partial charge in [-0.05, 0) is 23.0 Å². The zero-order valence-corrected chi connectivity index (χ0v) is 17.0. The van der Waals surface area contributed by atoms with E-state index >= 15 is 0 Å². The average molecular weight is 463 g/mol. The summed E-state index contributed by atoms with van der Waals surface area (Å²) in [6.45, 7) is 0. The first kappa shape index (κ1) is 19.2. The molecule has 2 nitrogen and oxygen atoms in total. The quantitative estimate of drug-likeness (QED) is 0.183. The van der Waals surface area contributed by atoms with Gasteiger partial charge in [0.15, 0.2) is 0 Å². The Morgan fingerprint density at radius 3 is 2.45 bits per heavy atom. The van der Waals surface area contributed by atoms with Crippen molar-refractivity contribution in [3.63, 3.8) is 0 Å². The Bertz CT molecular complexity index is 1310. The fourth-order valence-electron chi connectivity index (χ4n) is 3.38. The minimum absolute atomic E-state index is 0. The molecule has 0 bridgehead atoms. The van der Waals surface area contributed by atoms with Gasteiger partial charge in [0.1, 0.15) is 0 Å². The molecule has 2 heterocycles. The van der Waals surface area contributed by atoms with Crippen LogP contribution in [0.5, 0.6) is 0 Å². The summed E-state index contributed by atoms with van der Waals surface area (Å²) in [5.74, 6) is 0. The van der Waals surface area contributed by atoms with Gasteiger partial charge < -0.3 is 0 Å². The average Bonchev–Trinajstić information content (AvgIpc) is 2.77. The number of aromatic nitrogens is 2. The molecule has 5 rings (SSSR count). The van der Waals surface area contributed by atoms with E-state index in [9.17, 15) is 0 Å². The summed E-state index contributed by atoms with van der Waals surface area (Å²) in [7, 11) is 0. The van der Waals surface area contributed by atoms with E-state index in [0.29, 0.717) is 0 Å². The van der Waals surface area contributed by atoms with Crippen molar-refractivity contribution in [1.82, 2.24) is 9.97 Å². The smallest absolute Gasteiger partial charge is 0.296 e. The molecule has 2 aromatic heterocycles. The van der Waals surface area contributed by atoms with E-state index in [2.05, 4.69) is 53.5 Å². The van der Waals surface area contributed by atoms with E-state index < -0.39 is 0 Å². The maximum atomic E-state index is 4.98. The molecule has 0 saturated carbocycles. The van der Waals surface area contributed by atoms with Crippen molar-refractivity contribution in [3.8, 4) is 11.3 Å². The van der Waals surface area contributed by atoms with E-state index in [0.717, 1.165) is 44.2 Å². The Hall–Kier alpha value is -3.12. The van der Waals surface area contributed by atoms with Gasteiger partial charge >= 0.3 is 20.4 Å². The van der Waals surface area contributed by atoms with E-state index in [4.69, 9.17) is 4.98 Å². The molecule has 0 aliphatic heterocycles. The number of pyridine rings is 2. The zero-order valence-electron chi connectivity index (χ0n) is 15.4. The van der Waals surface area contributed by atoms with Gasteiger partial charge in [-0.25, -0.2) is 11.6 Å². The van der Waals surface area contributed by atoms with Crippen LogP contribution in [0.4, 0.5) is 0 Å². The molecule has 29 heavy (non-hydrogen) atoms. The van der Waals surface area contributed by atoms with E-state index in [1.165, 1.54) is 0 Å². The van der Waals surface area contributed by atoms with Crippen molar-refractivity contribution in [2.75, 3.05) is 0 Å². The summed E-state index contributed by atoms with van der Waals surface area (Å²) in [4.78, 5) is 9.55. The van der Waals surface area contributed by atoms with Gasteiger partial charge in [0.25, 0.3) is 0 Å². The van der Waals surface area contributed by atoms with Crippen molar-refractivity contribution in [1.29, 1.82) is 0 Å². The van der Waals surface area contributed by atoms with Crippen LogP contribution in [0, 0.1) is 12.1 Å². The summed E-state index contributed by atoms with van der Waals surface area (Å²) < 4.78 is 0. The zero-order chi connectivity index (χ0) is 18.8. The third-order valence-electron chi connectivity index (χ3n) is 4.75. The molecule has 3 heteroatoms. The number of nitrogens with zero attached hydrogens (tertiary/aromatic N) is 2. The Labute approximate surface area is 183 Å². The van der Waals surface area contributed by atoms with Gasteiger partial charge in [0, 0.05) is 17.1 Å². The van der Waals surface area contributed by atoms with Crippen molar-refractivity contribution in [2.45, 2.75) is 0 Å². The number of hydrogen-bond donors (Lipinski definition) is 0. The molecule has 0 atom stereocenters. The minimum atomic E-state index is 0. The number of rotatable bonds is 3. The molecule has 0 aliphatic rings. The van der Waals surface area contributed by atoms with Crippen LogP contribution in [0.25, 0.3) is 39.1 Å². The van der Waals surface area contributed by atoms with Crippen molar-refractivity contribution >= 4 is 27.9 Å². The Kier molecular flexibility index (Phi) is 5.62. The van der Waals surface area contributed by atoms with Gasteiger partial charge in [-0.2, -0.15) is 30.3 Å². The standard InChI is InChI=1S/C26H16N2.Pd/c1-2-7-19(8-3-1)14-15-21-9-4-10-22-16-17-24(28-25(21)22)23-13-5-11-20-12-6-18-27-26(20)23;/h1-7,9-14,16-18H;/q-2;+2. The first-order valence-electron chi connectivity index (χ1n) is 9.19. The first-order chi connectivity index (χ1) is 13.9. The molecule has 0 unspecified atom stereocenters. The molecular weight excluding hydrogens is 447 g/mol. The third kappa shape index (κ3) is 3.89. The fourth-order valence-corrected chi connectivity index (χ4v) is 3.38. The van der Waals surface area contributed by atoms with Crippen LogP contribution in [0.15, 0.2) is 91.1 Å². The third-order valence-corrected chi connectivity index (χ3v) is 4.75. The second kappa shape index (κ2) is 8.49. The summed E-state index contributed by atoms with van der Waals surface area (Å²) in [6, 6.07) is 31.6. The van der Waals surface area contributed by atoms with Crippen molar-refractivity contribution < 1.29 is 20.4 Å². The van der Waals surface area contributed by atoms with Crippen LogP contribution < -0.4 is 0 Å². The van der Waals surface area contributed by atoms with Gasteiger partial charge in [-0.3, -0.25) is 9.97 Å². The maximum Gasteiger partial charge on any atom is 2.00 e.